The average Bonchev–Trinajstić information content (AvgIpc) is 3.14. The molecular weight excluding hydrogens is 250 g/mol. The molecule has 2 fully saturated rings. The minimum absolute atomic E-state index is 0.270. The van der Waals surface area contributed by atoms with E-state index in [2.05, 4.69) is 33.0 Å². The minimum atomic E-state index is 0.270. The molecule has 3 heteroatoms. The predicted molar refractivity (Wildman–Crippen MR) is 82.9 cm³/mol. The van der Waals surface area contributed by atoms with Crippen LogP contribution in [0.5, 0.6) is 0 Å². The minimum Gasteiger partial charge on any atom is -0.385 e. The van der Waals surface area contributed by atoms with Gasteiger partial charge in [-0.3, -0.25) is 0 Å². The van der Waals surface area contributed by atoms with Crippen LogP contribution in [0.3, 0.4) is 0 Å². The van der Waals surface area contributed by atoms with Crippen LogP contribution in [0.25, 0.3) is 0 Å². The van der Waals surface area contributed by atoms with Crippen molar-refractivity contribution < 1.29 is 9.47 Å². The maximum atomic E-state index is 6.04. The molecule has 0 radical (unpaired) electrons. The fourth-order valence-corrected chi connectivity index (χ4v) is 3.17. The molecule has 2 aliphatic carbocycles. The Labute approximate surface area is 124 Å². The van der Waals surface area contributed by atoms with Crippen LogP contribution < -0.4 is 5.32 Å². The van der Waals surface area contributed by atoms with E-state index in [1.165, 1.54) is 25.7 Å². The lowest BCUT2D eigenvalue weighted by Gasteiger charge is -2.52. The summed E-state index contributed by atoms with van der Waals surface area (Å²) in [5.74, 6) is 0.626. The highest BCUT2D eigenvalue weighted by atomic mass is 16.5. The van der Waals surface area contributed by atoms with Gasteiger partial charge in [0.25, 0.3) is 0 Å². The molecular formula is C17H33NO2. The van der Waals surface area contributed by atoms with E-state index in [1.54, 1.807) is 7.11 Å². The number of hydrogen-bond donors (Lipinski definition) is 1. The molecule has 2 aliphatic rings. The molecule has 0 aliphatic heterocycles. The summed E-state index contributed by atoms with van der Waals surface area (Å²) in [5.41, 5.74) is 0.808. The molecule has 118 valence electrons. The van der Waals surface area contributed by atoms with Crippen LogP contribution in [0.2, 0.25) is 0 Å². The van der Waals surface area contributed by atoms with E-state index in [1.807, 2.05) is 0 Å². The zero-order valence-electron chi connectivity index (χ0n) is 14.0. The lowest BCUT2D eigenvalue weighted by atomic mass is 9.64. The summed E-state index contributed by atoms with van der Waals surface area (Å²) in [7, 11) is 1.80. The highest BCUT2D eigenvalue weighted by Crippen LogP contribution is 2.49. The number of hydrogen-bond acceptors (Lipinski definition) is 3. The Morgan fingerprint density at radius 2 is 1.95 bits per heavy atom. The molecule has 0 aromatic rings. The largest absolute Gasteiger partial charge is 0.385 e. The van der Waals surface area contributed by atoms with Crippen LogP contribution in [0.15, 0.2) is 0 Å². The van der Waals surface area contributed by atoms with Gasteiger partial charge in [-0.25, -0.2) is 0 Å². The van der Waals surface area contributed by atoms with Crippen molar-refractivity contribution in [2.75, 3.05) is 26.9 Å². The molecule has 0 saturated heterocycles. The van der Waals surface area contributed by atoms with Gasteiger partial charge in [0.1, 0.15) is 0 Å². The molecule has 0 spiro atoms. The third-order valence-corrected chi connectivity index (χ3v) is 5.33. The molecule has 1 N–H and O–H groups in total. The molecule has 2 atom stereocenters. The highest BCUT2D eigenvalue weighted by molar-refractivity contribution is 5.05. The summed E-state index contributed by atoms with van der Waals surface area (Å²) in [6, 6.07) is 0.611. The van der Waals surface area contributed by atoms with Gasteiger partial charge in [0.05, 0.1) is 6.10 Å². The Morgan fingerprint density at radius 1 is 1.25 bits per heavy atom. The Morgan fingerprint density at radius 3 is 2.45 bits per heavy atom. The Hall–Kier alpha value is -0.120. The van der Waals surface area contributed by atoms with Crippen LogP contribution in [0, 0.1) is 16.7 Å². The Balaban J connectivity index is 1.70. The van der Waals surface area contributed by atoms with Gasteiger partial charge < -0.3 is 14.8 Å². The second kappa shape index (κ2) is 6.33. The van der Waals surface area contributed by atoms with Crippen molar-refractivity contribution in [1.29, 1.82) is 0 Å². The van der Waals surface area contributed by atoms with Crippen molar-refractivity contribution in [3.05, 3.63) is 0 Å². The van der Waals surface area contributed by atoms with Gasteiger partial charge in [0.15, 0.2) is 0 Å². The maximum absolute atomic E-state index is 6.04. The monoisotopic (exact) mass is 283 g/mol. The highest BCUT2D eigenvalue weighted by Gasteiger charge is 2.50. The SMILES string of the molecule is COCCC1(CNC2CC(OCC(C)C)C2(C)C)CC1. The average molecular weight is 283 g/mol. The lowest BCUT2D eigenvalue weighted by Crippen LogP contribution is -2.61. The standard InChI is InChI=1S/C17H33NO2/c1-13(2)11-20-15-10-14(16(15,3)4)18-12-17(6-7-17)8-9-19-5/h13-15,18H,6-12H2,1-5H3. The van der Waals surface area contributed by atoms with Crippen LogP contribution in [-0.2, 0) is 9.47 Å². The van der Waals surface area contributed by atoms with E-state index in [9.17, 15) is 0 Å². The van der Waals surface area contributed by atoms with Crippen LogP contribution in [-0.4, -0.2) is 39.0 Å². The fourth-order valence-electron chi connectivity index (χ4n) is 3.17. The molecule has 20 heavy (non-hydrogen) atoms. The van der Waals surface area contributed by atoms with E-state index in [4.69, 9.17) is 9.47 Å². The first-order valence-corrected chi connectivity index (χ1v) is 8.23. The van der Waals surface area contributed by atoms with Gasteiger partial charge in [0.2, 0.25) is 0 Å². The number of ether oxygens (including phenoxy) is 2. The first kappa shape index (κ1) is 16.3. The van der Waals surface area contributed by atoms with Crippen molar-refractivity contribution in [1.82, 2.24) is 5.32 Å². The molecule has 3 nitrogen and oxygen atoms in total. The first-order chi connectivity index (χ1) is 9.39. The van der Waals surface area contributed by atoms with Gasteiger partial charge in [-0.15, -0.1) is 0 Å². The van der Waals surface area contributed by atoms with Crippen molar-refractivity contribution in [3.8, 4) is 0 Å². The fraction of sp³-hybridized carbons (Fsp3) is 1.00. The van der Waals surface area contributed by atoms with Crippen molar-refractivity contribution in [2.24, 2.45) is 16.7 Å². The second-order valence-electron chi connectivity index (χ2n) is 7.95. The normalized spacial score (nSPS) is 30.3. The van der Waals surface area contributed by atoms with Gasteiger partial charge in [0, 0.05) is 38.3 Å². The van der Waals surface area contributed by atoms with Gasteiger partial charge >= 0.3 is 0 Å². The summed E-state index contributed by atoms with van der Waals surface area (Å²) in [6.45, 7) is 12.1. The van der Waals surface area contributed by atoms with Crippen molar-refractivity contribution in [3.63, 3.8) is 0 Å². The smallest absolute Gasteiger partial charge is 0.0656 e. The van der Waals surface area contributed by atoms with Gasteiger partial charge in [-0.05, 0) is 37.0 Å². The maximum Gasteiger partial charge on any atom is 0.0656 e. The first-order valence-electron chi connectivity index (χ1n) is 8.23. The molecule has 2 saturated carbocycles. The molecule has 2 rings (SSSR count). The number of nitrogens with one attached hydrogen (secondary N) is 1. The van der Waals surface area contributed by atoms with Crippen LogP contribution >= 0.6 is 0 Å². The zero-order valence-corrected chi connectivity index (χ0v) is 14.0. The summed E-state index contributed by atoms with van der Waals surface area (Å²) in [6.07, 6.45) is 5.53. The quantitative estimate of drug-likeness (QED) is 0.705. The van der Waals surface area contributed by atoms with Crippen molar-refractivity contribution >= 4 is 0 Å². The van der Waals surface area contributed by atoms with Crippen molar-refractivity contribution in [2.45, 2.75) is 65.5 Å². The zero-order chi connectivity index (χ0) is 14.8. The number of methoxy groups -OCH3 is 1. The summed E-state index contributed by atoms with van der Waals surface area (Å²) in [4.78, 5) is 0. The number of rotatable bonds is 9. The van der Waals surface area contributed by atoms with Gasteiger partial charge in [-0.1, -0.05) is 27.7 Å². The van der Waals surface area contributed by atoms with Crippen LogP contribution in [0.1, 0.15) is 53.4 Å². The van der Waals surface area contributed by atoms with E-state index in [-0.39, 0.29) is 5.41 Å². The third kappa shape index (κ3) is 3.75. The van der Waals surface area contributed by atoms with E-state index in [0.29, 0.717) is 23.5 Å². The molecule has 0 aromatic heterocycles. The predicted octanol–water partition coefficient (Wildman–Crippen LogP) is 3.23. The summed E-state index contributed by atoms with van der Waals surface area (Å²) >= 11 is 0. The molecule has 0 amide bonds. The Bertz CT molecular complexity index is 310. The Kier molecular flexibility index (Phi) is 5.14. The van der Waals surface area contributed by atoms with E-state index < -0.39 is 0 Å². The molecule has 0 heterocycles. The van der Waals surface area contributed by atoms with Crippen LogP contribution in [0.4, 0.5) is 0 Å². The molecule has 0 aromatic carbocycles. The summed E-state index contributed by atoms with van der Waals surface area (Å²) in [5, 5.41) is 3.80. The molecule has 0 bridgehead atoms. The van der Waals surface area contributed by atoms with E-state index in [0.717, 1.165) is 19.8 Å². The topological polar surface area (TPSA) is 30.5 Å². The lowest BCUT2D eigenvalue weighted by molar-refractivity contribution is -0.124. The van der Waals surface area contributed by atoms with E-state index >= 15 is 0 Å². The molecule has 2 unspecified atom stereocenters. The third-order valence-electron chi connectivity index (χ3n) is 5.33. The summed E-state index contributed by atoms with van der Waals surface area (Å²) < 4.78 is 11.3. The second-order valence-corrected chi connectivity index (χ2v) is 7.95. The van der Waals surface area contributed by atoms with Gasteiger partial charge in [-0.2, -0.15) is 0 Å².